The maximum atomic E-state index is 12.9. The first kappa shape index (κ1) is 68.6. The number of rotatable bonds is 55. The first-order chi connectivity index (χ1) is 35.5. The Balaban J connectivity index is 4.32. The fourth-order valence-electron chi connectivity index (χ4n) is 8.56. The maximum absolute atomic E-state index is 12.9. The fourth-order valence-corrected chi connectivity index (χ4v) is 8.56. The highest BCUT2D eigenvalue weighted by Crippen LogP contribution is 2.16. The van der Waals surface area contributed by atoms with Gasteiger partial charge in [0.1, 0.15) is 13.2 Å². The molecule has 0 saturated carbocycles. The van der Waals surface area contributed by atoms with Crippen LogP contribution in [-0.2, 0) is 28.6 Å². The zero-order chi connectivity index (χ0) is 52.2. The van der Waals surface area contributed by atoms with Gasteiger partial charge in [-0.15, -0.1) is 0 Å². The molecule has 0 fully saturated rings. The average molecular weight is 1000 g/mol. The summed E-state index contributed by atoms with van der Waals surface area (Å²) in [6.07, 6.45) is 78.6. The summed E-state index contributed by atoms with van der Waals surface area (Å²) in [7, 11) is 0. The maximum Gasteiger partial charge on any atom is 0.306 e. The second-order valence-electron chi connectivity index (χ2n) is 20.2. The normalized spacial score (nSPS) is 12.7. The number of unbranched alkanes of at least 4 members (excludes halogenated alkanes) is 30. The molecular formula is C66H114O6. The highest BCUT2D eigenvalue weighted by Gasteiger charge is 2.19. The number of esters is 3. The molecule has 0 aromatic rings. The van der Waals surface area contributed by atoms with Crippen LogP contribution in [0.5, 0.6) is 0 Å². The smallest absolute Gasteiger partial charge is 0.306 e. The van der Waals surface area contributed by atoms with Crippen molar-refractivity contribution in [1.82, 2.24) is 0 Å². The molecule has 0 aromatic carbocycles. The van der Waals surface area contributed by atoms with E-state index >= 15 is 0 Å². The van der Waals surface area contributed by atoms with Crippen LogP contribution in [0.2, 0.25) is 0 Å². The Kier molecular flexibility index (Phi) is 57.3. The predicted octanol–water partition coefficient (Wildman–Crippen LogP) is 20.7. The van der Waals surface area contributed by atoms with Crippen LogP contribution >= 0.6 is 0 Å². The van der Waals surface area contributed by atoms with E-state index in [-0.39, 0.29) is 31.1 Å². The van der Waals surface area contributed by atoms with Gasteiger partial charge in [-0.1, -0.05) is 266 Å². The molecule has 0 N–H and O–H groups in total. The number of carbonyl (C=O) groups excluding carboxylic acids is 3. The van der Waals surface area contributed by atoms with E-state index in [0.29, 0.717) is 19.3 Å². The minimum atomic E-state index is -0.782. The van der Waals surface area contributed by atoms with Crippen LogP contribution in [0.3, 0.4) is 0 Å². The van der Waals surface area contributed by atoms with E-state index in [2.05, 4.69) is 106 Å². The molecule has 0 spiro atoms. The molecule has 0 radical (unpaired) electrons. The fraction of sp³-hybridized carbons (Fsp3) is 0.742. The van der Waals surface area contributed by atoms with Gasteiger partial charge >= 0.3 is 17.9 Å². The second kappa shape index (κ2) is 60.1. The van der Waals surface area contributed by atoms with Gasteiger partial charge in [-0.05, 0) is 96.3 Å². The molecular weight excluding hydrogens is 889 g/mol. The monoisotopic (exact) mass is 1000 g/mol. The molecule has 72 heavy (non-hydrogen) atoms. The van der Waals surface area contributed by atoms with E-state index in [1.807, 2.05) is 0 Å². The summed E-state index contributed by atoms with van der Waals surface area (Å²) in [5.74, 6) is -0.883. The van der Waals surface area contributed by atoms with Crippen LogP contribution in [0, 0.1) is 0 Å². The molecule has 0 amide bonds. The molecule has 0 saturated heterocycles. The molecule has 0 aliphatic heterocycles. The minimum Gasteiger partial charge on any atom is -0.462 e. The molecule has 6 nitrogen and oxygen atoms in total. The summed E-state index contributed by atoms with van der Waals surface area (Å²) in [5, 5.41) is 0. The van der Waals surface area contributed by atoms with Crippen LogP contribution in [0.25, 0.3) is 0 Å². The largest absolute Gasteiger partial charge is 0.462 e. The molecule has 414 valence electrons. The molecule has 6 heteroatoms. The summed E-state index contributed by atoms with van der Waals surface area (Å²) in [6.45, 7) is 6.51. The zero-order valence-corrected chi connectivity index (χ0v) is 47.4. The molecule has 0 rings (SSSR count). The quantitative estimate of drug-likeness (QED) is 0.0261. The van der Waals surface area contributed by atoms with Crippen molar-refractivity contribution >= 4 is 17.9 Å². The summed E-state index contributed by atoms with van der Waals surface area (Å²) < 4.78 is 16.9. The van der Waals surface area contributed by atoms with Gasteiger partial charge in [0, 0.05) is 19.3 Å². The SMILES string of the molecule is CC/C=C\C/C=C\C/C=C\C/C=C\C/C=C\CCCCCCCCCCCC(=O)OCC(COC(=O)CCCCCCCCCCCCCC)OC(=O)CCCCCCCCC/C=C\C/C=C\CCCCC. The highest BCUT2D eigenvalue weighted by atomic mass is 16.6. The van der Waals surface area contributed by atoms with E-state index in [1.165, 1.54) is 148 Å². The van der Waals surface area contributed by atoms with Crippen molar-refractivity contribution in [2.24, 2.45) is 0 Å². The molecule has 1 unspecified atom stereocenters. The first-order valence-corrected chi connectivity index (χ1v) is 30.6. The van der Waals surface area contributed by atoms with Gasteiger partial charge in [-0.25, -0.2) is 0 Å². The Bertz CT molecular complexity index is 1380. The van der Waals surface area contributed by atoms with Gasteiger partial charge in [0.25, 0.3) is 0 Å². The van der Waals surface area contributed by atoms with Gasteiger partial charge < -0.3 is 14.2 Å². The van der Waals surface area contributed by atoms with E-state index in [1.54, 1.807) is 0 Å². The number of hydrogen-bond donors (Lipinski definition) is 0. The molecule has 0 aromatic heterocycles. The summed E-state index contributed by atoms with van der Waals surface area (Å²) in [6, 6.07) is 0. The average Bonchev–Trinajstić information content (AvgIpc) is 3.38. The number of allylic oxidation sites excluding steroid dienone is 14. The lowest BCUT2D eigenvalue weighted by Gasteiger charge is -2.18. The van der Waals surface area contributed by atoms with Crippen molar-refractivity contribution in [1.29, 1.82) is 0 Å². The van der Waals surface area contributed by atoms with Crippen LogP contribution in [0.15, 0.2) is 85.1 Å². The third kappa shape index (κ3) is 57.5. The van der Waals surface area contributed by atoms with Crippen molar-refractivity contribution in [3.8, 4) is 0 Å². The van der Waals surface area contributed by atoms with Gasteiger partial charge in [0.15, 0.2) is 6.10 Å². The lowest BCUT2D eigenvalue weighted by molar-refractivity contribution is -0.167. The zero-order valence-electron chi connectivity index (χ0n) is 47.4. The number of hydrogen-bond acceptors (Lipinski definition) is 6. The Morgan fingerprint density at radius 1 is 0.292 bits per heavy atom. The van der Waals surface area contributed by atoms with Crippen LogP contribution in [0.4, 0.5) is 0 Å². The lowest BCUT2D eigenvalue weighted by atomic mass is 10.0. The topological polar surface area (TPSA) is 78.9 Å². The van der Waals surface area contributed by atoms with Crippen molar-refractivity contribution in [3.05, 3.63) is 85.1 Å². The summed E-state index contributed by atoms with van der Waals surface area (Å²) in [4.78, 5) is 38.2. The van der Waals surface area contributed by atoms with Gasteiger partial charge in [0.2, 0.25) is 0 Å². The number of carbonyl (C=O) groups is 3. The van der Waals surface area contributed by atoms with Crippen LogP contribution in [0.1, 0.15) is 297 Å². The third-order valence-corrected chi connectivity index (χ3v) is 13.1. The Hall–Kier alpha value is -3.41. The first-order valence-electron chi connectivity index (χ1n) is 30.6. The summed E-state index contributed by atoms with van der Waals surface area (Å²) >= 11 is 0. The number of ether oxygens (including phenoxy) is 3. The van der Waals surface area contributed by atoms with E-state index < -0.39 is 6.10 Å². The van der Waals surface area contributed by atoms with E-state index in [0.717, 1.165) is 109 Å². The van der Waals surface area contributed by atoms with E-state index in [9.17, 15) is 14.4 Å². The third-order valence-electron chi connectivity index (χ3n) is 13.1. The Morgan fingerprint density at radius 2 is 0.542 bits per heavy atom. The van der Waals surface area contributed by atoms with Gasteiger partial charge in [0.05, 0.1) is 0 Å². The minimum absolute atomic E-state index is 0.0789. The molecule has 0 aliphatic rings. The van der Waals surface area contributed by atoms with Crippen molar-refractivity contribution < 1.29 is 28.6 Å². The molecule has 0 heterocycles. The van der Waals surface area contributed by atoms with Gasteiger partial charge in [-0.3, -0.25) is 14.4 Å². The van der Waals surface area contributed by atoms with Crippen molar-refractivity contribution in [2.75, 3.05) is 13.2 Å². The Labute approximate surface area is 445 Å². The highest BCUT2D eigenvalue weighted by molar-refractivity contribution is 5.71. The van der Waals surface area contributed by atoms with Crippen LogP contribution in [-0.4, -0.2) is 37.2 Å². The van der Waals surface area contributed by atoms with Crippen molar-refractivity contribution in [3.63, 3.8) is 0 Å². The molecule has 1 atom stereocenters. The molecule has 0 bridgehead atoms. The standard InChI is InChI=1S/C66H114O6/c1-4-7-10-13-16-19-22-25-27-29-30-31-32-33-34-35-36-38-39-41-44-47-50-53-56-59-65(68)71-62-63(61-70-64(67)58-55-52-49-46-43-24-21-18-15-12-9-6-3)72-66(69)60-57-54-51-48-45-42-40-37-28-26-23-20-17-14-11-8-5-2/h7,10,16-17,19-20,25-28,30-31,33-34,63H,4-6,8-9,11-15,18,21-24,29,32,35-62H2,1-3H3/b10-7-,19-16-,20-17-,27-25-,28-26-,31-30-,34-33-. The van der Waals surface area contributed by atoms with Gasteiger partial charge in [-0.2, -0.15) is 0 Å². The summed E-state index contributed by atoms with van der Waals surface area (Å²) in [5.41, 5.74) is 0. The predicted molar refractivity (Wildman–Crippen MR) is 311 cm³/mol. The van der Waals surface area contributed by atoms with Crippen molar-refractivity contribution in [2.45, 2.75) is 303 Å². The van der Waals surface area contributed by atoms with Crippen LogP contribution < -0.4 is 0 Å². The van der Waals surface area contributed by atoms with E-state index in [4.69, 9.17) is 14.2 Å². The second-order valence-corrected chi connectivity index (χ2v) is 20.2. The lowest BCUT2D eigenvalue weighted by Crippen LogP contribution is -2.30. The Morgan fingerprint density at radius 3 is 0.875 bits per heavy atom. The molecule has 0 aliphatic carbocycles.